The molecule has 0 radical (unpaired) electrons. The van der Waals surface area contributed by atoms with E-state index < -0.39 is 13.0 Å². The molecule has 0 aliphatic heterocycles. The number of rotatable bonds is 4. The Labute approximate surface area is 86.6 Å². The lowest BCUT2D eigenvalue weighted by atomic mass is 10.2. The quantitative estimate of drug-likeness (QED) is 0.816. The van der Waals surface area contributed by atoms with Crippen LogP contribution in [0.25, 0.3) is 0 Å². The summed E-state index contributed by atoms with van der Waals surface area (Å²) in [6.45, 7) is 1.15. The molecule has 0 fully saturated rings. The summed E-state index contributed by atoms with van der Waals surface area (Å²) in [5.41, 5.74) is 1.20. The van der Waals surface area contributed by atoms with Crippen molar-refractivity contribution in [3.8, 4) is 0 Å². The van der Waals surface area contributed by atoms with Gasteiger partial charge in [-0.15, -0.1) is 0 Å². The average molecular weight is 217 g/mol. The smallest absolute Gasteiger partial charge is 0.255 e. The molecule has 1 heterocycles. The normalized spacial score (nSPS) is 10.8. The fourth-order valence-corrected chi connectivity index (χ4v) is 1.11. The molecule has 0 atom stereocenters. The van der Waals surface area contributed by atoms with Gasteiger partial charge in [0.1, 0.15) is 0 Å². The Bertz CT molecular complexity index is 333. The Kier molecular flexibility index (Phi) is 3.90. The second-order valence-electron chi connectivity index (χ2n) is 3.21. The molecule has 0 saturated heterocycles. The van der Waals surface area contributed by atoms with Gasteiger partial charge in [0, 0.05) is 24.5 Å². The summed E-state index contributed by atoms with van der Waals surface area (Å²) < 4.78 is 24.2. The molecule has 0 aliphatic rings. The second kappa shape index (κ2) is 4.97. The summed E-state index contributed by atoms with van der Waals surface area (Å²) in [7, 11) is 1.50. The van der Waals surface area contributed by atoms with Crippen LogP contribution in [0.2, 0.25) is 0 Å². The number of halogens is 2. The molecule has 15 heavy (non-hydrogen) atoms. The lowest BCUT2D eigenvalue weighted by molar-refractivity contribution is 0.156. The van der Waals surface area contributed by atoms with Crippen LogP contribution in [-0.2, 0) is 6.61 Å². The molecule has 84 valence electrons. The molecular formula is C9H13F2N3O. The fourth-order valence-electron chi connectivity index (χ4n) is 1.11. The summed E-state index contributed by atoms with van der Waals surface area (Å²) in [4.78, 5) is 9.18. The van der Waals surface area contributed by atoms with Gasteiger partial charge in [-0.1, -0.05) is 0 Å². The van der Waals surface area contributed by atoms with E-state index in [1.54, 1.807) is 6.92 Å². The molecule has 0 saturated carbocycles. The van der Waals surface area contributed by atoms with E-state index in [1.807, 2.05) is 0 Å². The molecule has 0 amide bonds. The number of nitrogens with zero attached hydrogens (tertiary/aromatic N) is 3. The lowest BCUT2D eigenvalue weighted by Crippen LogP contribution is -2.26. The highest BCUT2D eigenvalue weighted by Gasteiger charge is 2.11. The zero-order chi connectivity index (χ0) is 11.4. The first-order valence-electron chi connectivity index (χ1n) is 4.47. The summed E-state index contributed by atoms with van der Waals surface area (Å²) in [6.07, 6.45) is -0.976. The van der Waals surface area contributed by atoms with Crippen LogP contribution in [0.15, 0.2) is 6.20 Å². The first kappa shape index (κ1) is 11.8. The van der Waals surface area contributed by atoms with Gasteiger partial charge in [0.05, 0.1) is 13.2 Å². The van der Waals surface area contributed by atoms with Crippen molar-refractivity contribution in [2.75, 3.05) is 18.5 Å². The SMILES string of the molecule is Cc1nc(N(C)CC(F)F)ncc1CO. The van der Waals surface area contributed by atoms with Crippen LogP contribution in [0.3, 0.4) is 0 Å². The molecule has 0 spiro atoms. The van der Waals surface area contributed by atoms with Crippen molar-refractivity contribution < 1.29 is 13.9 Å². The van der Waals surface area contributed by atoms with Gasteiger partial charge in [-0.3, -0.25) is 0 Å². The Morgan fingerprint density at radius 2 is 2.20 bits per heavy atom. The molecule has 0 unspecified atom stereocenters. The Hall–Kier alpha value is -1.30. The van der Waals surface area contributed by atoms with Crippen LogP contribution < -0.4 is 4.90 Å². The van der Waals surface area contributed by atoms with Crippen LogP contribution in [0.5, 0.6) is 0 Å². The van der Waals surface area contributed by atoms with Crippen LogP contribution in [0.4, 0.5) is 14.7 Å². The molecule has 1 aromatic rings. The molecule has 1 aromatic heterocycles. The number of anilines is 1. The second-order valence-corrected chi connectivity index (χ2v) is 3.21. The highest BCUT2D eigenvalue weighted by molar-refractivity contribution is 5.31. The van der Waals surface area contributed by atoms with Gasteiger partial charge < -0.3 is 10.0 Å². The summed E-state index contributed by atoms with van der Waals surface area (Å²) in [5.74, 6) is 0.241. The Morgan fingerprint density at radius 3 is 2.67 bits per heavy atom. The molecule has 0 bridgehead atoms. The van der Waals surface area contributed by atoms with E-state index in [2.05, 4.69) is 9.97 Å². The lowest BCUT2D eigenvalue weighted by Gasteiger charge is -2.16. The first-order chi connectivity index (χ1) is 7.04. The molecular weight excluding hydrogens is 204 g/mol. The third-order valence-corrected chi connectivity index (χ3v) is 1.99. The number of alkyl halides is 2. The maximum atomic E-state index is 12.1. The van der Waals surface area contributed by atoms with E-state index in [4.69, 9.17) is 5.11 Å². The summed E-state index contributed by atoms with van der Waals surface area (Å²) in [5, 5.41) is 8.88. The third-order valence-electron chi connectivity index (χ3n) is 1.99. The molecule has 1 rings (SSSR count). The number of aryl methyl sites for hydroxylation is 1. The molecule has 6 heteroatoms. The van der Waals surface area contributed by atoms with Crippen molar-refractivity contribution in [3.63, 3.8) is 0 Å². The van der Waals surface area contributed by atoms with Crippen molar-refractivity contribution in [1.29, 1.82) is 0 Å². The van der Waals surface area contributed by atoms with Crippen molar-refractivity contribution in [2.24, 2.45) is 0 Å². The van der Waals surface area contributed by atoms with Gasteiger partial charge >= 0.3 is 0 Å². The third kappa shape index (κ3) is 3.09. The van der Waals surface area contributed by atoms with Gasteiger partial charge in [-0.25, -0.2) is 18.7 Å². The van der Waals surface area contributed by atoms with Gasteiger partial charge in [0.2, 0.25) is 5.95 Å². The van der Waals surface area contributed by atoms with Crippen LogP contribution in [0.1, 0.15) is 11.3 Å². The van der Waals surface area contributed by atoms with E-state index in [0.29, 0.717) is 11.3 Å². The van der Waals surface area contributed by atoms with Crippen LogP contribution in [0, 0.1) is 6.92 Å². The van der Waals surface area contributed by atoms with Gasteiger partial charge in [-0.05, 0) is 6.92 Å². The molecule has 0 aromatic carbocycles. The number of hydrogen-bond donors (Lipinski definition) is 1. The standard InChI is InChI=1S/C9H13F2N3O/c1-6-7(5-15)3-12-9(13-6)14(2)4-8(10)11/h3,8,15H,4-5H2,1-2H3. The summed E-state index contributed by atoms with van der Waals surface area (Å²) in [6, 6.07) is 0. The minimum Gasteiger partial charge on any atom is -0.392 e. The van der Waals surface area contributed by atoms with Crippen molar-refractivity contribution >= 4 is 5.95 Å². The highest BCUT2D eigenvalue weighted by atomic mass is 19.3. The van der Waals surface area contributed by atoms with Gasteiger partial charge in [0.25, 0.3) is 6.43 Å². The van der Waals surface area contributed by atoms with E-state index >= 15 is 0 Å². The maximum Gasteiger partial charge on any atom is 0.255 e. The van der Waals surface area contributed by atoms with Crippen molar-refractivity contribution in [2.45, 2.75) is 20.0 Å². The monoisotopic (exact) mass is 217 g/mol. The van der Waals surface area contributed by atoms with E-state index in [1.165, 1.54) is 18.1 Å². The van der Waals surface area contributed by atoms with E-state index in [9.17, 15) is 8.78 Å². The zero-order valence-corrected chi connectivity index (χ0v) is 8.61. The predicted octanol–water partition coefficient (Wildman–Crippen LogP) is 0.979. The van der Waals surface area contributed by atoms with Crippen LogP contribution in [-0.4, -0.2) is 35.1 Å². The number of aromatic nitrogens is 2. The molecule has 0 aliphatic carbocycles. The van der Waals surface area contributed by atoms with Crippen molar-refractivity contribution in [3.05, 3.63) is 17.5 Å². The average Bonchev–Trinajstić information content (AvgIpc) is 2.16. The van der Waals surface area contributed by atoms with Crippen LogP contribution >= 0.6 is 0 Å². The van der Waals surface area contributed by atoms with Gasteiger partial charge in [0.15, 0.2) is 0 Å². The topological polar surface area (TPSA) is 49.2 Å². The highest BCUT2D eigenvalue weighted by Crippen LogP contribution is 2.10. The number of aliphatic hydroxyl groups is 1. The minimum absolute atomic E-state index is 0.148. The van der Waals surface area contributed by atoms with Gasteiger partial charge in [-0.2, -0.15) is 0 Å². The Balaban J connectivity index is 2.82. The van der Waals surface area contributed by atoms with E-state index in [0.717, 1.165) is 0 Å². The fraction of sp³-hybridized carbons (Fsp3) is 0.556. The number of hydrogen-bond acceptors (Lipinski definition) is 4. The number of aliphatic hydroxyl groups excluding tert-OH is 1. The first-order valence-corrected chi connectivity index (χ1v) is 4.47. The maximum absolute atomic E-state index is 12.1. The zero-order valence-electron chi connectivity index (χ0n) is 8.61. The van der Waals surface area contributed by atoms with Crippen molar-refractivity contribution in [1.82, 2.24) is 9.97 Å². The minimum atomic E-state index is -2.42. The molecule has 4 nitrogen and oxygen atoms in total. The molecule has 1 N–H and O–H groups in total. The predicted molar refractivity (Wildman–Crippen MR) is 52.0 cm³/mol. The largest absolute Gasteiger partial charge is 0.392 e. The Morgan fingerprint density at radius 1 is 1.53 bits per heavy atom. The van der Waals surface area contributed by atoms with E-state index in [-0.39, 0.29) is 12.6 Å². The summed E-state index contributed by atoms with van der Waals surface area (Å²) >= 11 is 0.